The minimum atomic E-state index is 0.187. The topological polar surface area (TPSA) is 0 Å². The molecular weight excluding hydrogens is 447 g/mol. The van der Waals surface area contributed by atoms with Crippen LogP contribution in [0.5, 0.6) is 0 Å². The van der Waals surface area contributed by atoms with Crippen LogP contribution in [0.4, 0.5) is 0 Å². The van der Waals surface area contributed by atoms with E-state index >= 15 is 0 Å². The van der Waals surface area contributed by atoms with Gasteiger partial charge in [-0.05, 0) is 94.5 Å². The number of halogens is 1. The second-order valence-electron chi connectivity index (χ2n) is 8.04. The first kappa shape index (κ1) is 21.3. The van der Waals surface area contributed by atoms with Gasteiger partial charge in [0.1, 0.15) is 0 Å². The third kappa shape index (κ3) is 5.75. The molecule has 0 aliphatic rings. The van der Waals surface area contributed by atoms with Crippen molar-refractivity contribution in [3.05, 3.63) is 85.3 Å². The van der Waals surface area contributed by atoms with Gasteiger partial charge in [-0.15, -0.1) is 0 Å². The van der Waals surface area contributed by atoms with Gasteiger partial charge in [-0.2, -0.15) is 0 Å². The summed E-state index contributed by atoms with van der Waals surface area (Å²) < 4.78 is 1.34. The van der Waals surface area contributed by atoms with E-state index in [9.17, 15) is 0 Å². The van der Waals surface area contributed by atoms with Gasteiger partial charge in [0.25, 0.3) is 0 Å². The first-order chi connectivity index (χ1) is 12.1. The summed E-state index contributed by atoms with van der Waals surface area (Å²) in [7, 11) is 0. The van der Waals surface area contributed by atoms with Gasteiger partial charge in [0.15, 0.2) is 0 Å². The van der Waals surface area contributed by atoms with Crippen molar-refractivity contribution in [1.82, 2.24) is 0 Å². The van der Waals surface area contributed by atoms with Gasteiger partial charge in [-0.1, -0.05) is 75.0 Å². The SMILES string of the molecule is C=C(S/C=C(\C)Cc1cc(C)c(I)cc1C)c1ccc(C(C)(C)C)cc1. The molecule has 0 saturated heterocycles. The molecule has 2 aromatic carbocycles. The minimum absolute atomic E-state index is 0.187. The lowest BCUT2D eigenvalue weighted by Crippen LogP contribution is -2.10. The van der Waals surface area contributed by atoms with Crippen molar-refractivity contribution in [3.63, 3.8) is 0 Å². The average Bonchev–Trinajstić information content (AvgIpc) is 2.57. The lowest BCUT2D eigenvalue weighted by atomic mass is 9.87. The molecule has 0 fully saturated rings. The molecule has 0 spiro atoms. The van der Waals surface area contributed by atoms with Gasteiger partial charge in [-0.25, -0.2) is 0 Å². The molecule has 0 unspecified atom stereocenters. The van der Waals surface area contributed by atoms with Gasteiger partial charge in [-0.3, -0.25) is 0 Å². The number of aryl methyl sites for hydroxylation is 2. The molecule has 0 N–H and O–H groups in total. The maximum absolute atomic E-state index is 4.26. The Kier molecular flexibility index (Phi) is 7.20. The van der Waals surface area contributed by atoms with Crippen LogP contribution < -0.4 is 0 Å². The summed E-state index contributed by atoms with van der Waals surface area (Å²) in [5, 5.41) is 2.24. The molecule has 2 heteroatoms. The average molecular weight is 476 g/mol. The van der Waals surface area contributed by atoms with Gasteiger partial charge in [0.2, 0.25) is 0 Å². The fraction of sp³-hybridized carbons (Fsp3) is 0.333. The highest BCUT2D eigenvalue weighted by molar-refractivity contribution is 14.1. The fourth-order valence-electron chi connectivity index (χ4n) is 2.77. The van der Waals surface area contributed by atoms with Gasteiger partial charge < -0.3 is 0 Å². The first-order valence-electron chi connectivity index (χ1n) is 8.95. The Morgan fingerprint density at radius 1 is 1.08 bits per heavy atom. The van der Waals surface area contributed by atoms with E-state index in [0.717, 1.165) is 11.3 Å². The van der Waals surface area contributed by atoms with Crippen LogP contribution in [-0.2, 0) is 11.8 Å². The fourth-order valence-corrected chi connectivity index (χ4v) is 4.09. The molecule has 0 heterocycles. The zero-order valence-corrected chi connectivity index (χ0v) is 19.7. The van der Waals surface area contributed by atoms with Crippen molar-refractivity contribution in [3.8, 4) is 0 Å². The maximum atomic E-state index is 4.26. The molecule has 0 bridgehead atoms. The number of benzene rings is 2. The predicted molar refractivity (Wildman–Crippen MR) is 128 cm³/mol. The molecular formula is C24H29IS. The number of hydrogen-bond donors (Lipinski definition) is 0. The normalized spacial score (nSPS) is 12.3. The van der Waals surface area contributed by atoms with E-state index in [2.05, 4.69) is 113 Å². The molecule has 138 valence electrons. The van der Waals surface area contributed by atoms with Crippen LogP contribution in [0.15, 0.2) is 54.0 Å². The third-order valence-corrected chi connectivity index (χ3v) is 6.76. The van der Waals surface area contributed by atoms with Gasteiger partial charge >= 0.3 is 0 Å². The predicted octanol–water partition coefficient (Wildman–Crippen LogP) is 8.06. The maximum Gasteiger partial charge on any atom is 0.0162 e. The standard InChI is InChI=1S/C24H29IS/c1-16(12-21-13-18(3)23(25)14-17(21)2)15-26-19(4)20-8-10-22(11-9-20)24(5,6)7/h8-11,13-15H,4,12H2,1-3,5-7H3/b16-15+. The molecule has 0 radical (unpaired) electrons. The zero-order chi connectivity index (χ0) is 19.5. The summed E-state index contributed by atoms with van der Waals surface area (Å²) in [6.45, 7) is 17.6. The van der Waals surface area contributed by atoms with Crippen LogP contribution in [0, 0.1) is 17.4 Å². The molecule has 0 saturated carbocycles. The summed E-state index contributed by atoms with van der Waals surface area (Å²) in [5.74, 6) is 0. The van der Waals surface area contributed by atoms with Crippen molar-refractivity contribution in [2.75, 3.05) is 0 Å². The summed E-state index contributed by atoms with van der Waals surface area (Å²) >= 11 is 4.13. The highest BCUT2D eigenvalue weighted by Gasteiger charge is 2.13. The van der Waals surface area contributed by atoms with E-state index in [1.807, 2.05) is 0 Å². The molecule has 0 nitrogen and oxygen atoms in total. The molecule has 0 aromatic heterocycles. The van der Waals surface area contributed by atoms with Crippen LogP contribution in [0.2, 0.25) is 0 Å². The number of allylic oxidation sites excluding steroid dienone is 1. The van der Waals surface area contributed by atoms with Crippen molar-refractivity contribution in [1.29, 1.82) is 0 Å². The Bertz CT molecular complexity index is 821. The van der Waals surface area contributed by atoms with E-state index in [4.69, 9.17) is 0 Å². The molecule has 2 rings (SSSR count). The second-order valence-corrected chi connectivity index (χ2v) is 10.2. The van der Waals surface area contributed by atoms with Crippen LogP contribution in [0.25, 0.3) is 4.91 Å². The Morgan fingerprint density at radius 3 is 2.27 bits per heavy atom. The lowest BCUT2D eigenvalue weighted by Gasteiger charge is -2.19. The van der Waals surface area contributed by atoms with Gasteiger partial charge in [0, 0.05) is 8.48 Å². The van der Waals surface area contributed by atoms with E-state index in [1.54, 1.807) is 11.8 Å². The van der Waals surface area contributed by atoms with Gasteiger partial charge in [0.05, 0.1) is 0 Å². The molecule has 2 aromatic rings. The molecule has 0 aliphatic heterocycles. The monoisotopic (exact) mass is 476 g/mol. The molecule has 0 atom stereocenters. The molecule has 26 heavy (non-hydrogen) atoms. The quantitative estimate of drug-likeness (QED) is 0.394. The second kappa shape index (κ2) is 8.79. The largest absolute Gasteiger partial charge is 0.0981 e. The van der Waals surface area contributed by atoms with E-state index in [0.29, 0.717) is 0 Å². The highest BCUT2D eigenvalue weighted by atomic mass is 127. The lowest BCUT2D eigenvalue weighted by molar-refractivity contribution is 0.590. The number of hydrogen-bond acceptors (Lipinski definition) is 1. The third-order valence-electron chi connectivity index (χ3n) is 4.56. The van der Waals surface area contributed by atoms with Crippen molar-refractivity contribution in [2.45, 2.75) is 53.4 Å². The van der Waals surface area contributed by atoms with Crippen LogP contribution in [0.1, 0.15) is 55.5 Å². The van der Waals surface area contributed by atoms with E-state index < -0.39 is 0 Å². The summed E-state index contributed by atoms with van der Waals surface area (Å²) in [5.41, 5.74) is 8.25. The van der Waals surface area contributed by atoms with Crippen molar-refractivity contribution < 1.29 is 0 Å². The molecule has 0 amide bonds. The minimum Gasteiger partial charge on any atom is -0.0981 e. The Morgan fingerprint density at radius 2 is 1.69 bits per heavy atom. The smallest absolute Gasteiger partial charge is 0.0162 e. The van der Waals surface area contributed by atoms with Crippen LogP contribution in [0.3, 0.4) is 0 Å². The van der Waals surface area contributed by atoms with Crippen molar-refractivity contribution in [2.24, 2.45) is 0 Å². The Hall–Kier alpha value is -1.00. The summed E-state index contributed by atoms with van der Waals surface area (Å²) in [4.78, 5) is 1.10. The number of thioether (sulfide) groups is 1. The first-order valence-corrected chi connectivity index (χ1v) is 10.9. The Balaban J connectivity index is 2.04. The number of rotatable bonds is 5. The van der Waals surface area contributed by atoms with E-state index in [-0.39, 0.29) is 5.41 Å². The molecule has 0 aliphatic carbocycles. The highest BCUT2D eigenvalue weighted by Crippen LogP contribution is 2.30. The summed E-state index contributed by atoms with van der Waals surface area (Å²) in [6, 6.07) is 13.4. The Labute approximate surface area is 177 Å². The van der Waals surface area contributed by atoms with E-state index in [1.165, 1.54) is 37.0 Å². The zero-order valence-electron chi connectivity index (χ0n) is 16.7. The van der Waals surface area contributed by atoms with Crippen LogP contribution in [-0.4, -0.2) is 0 Å². The van der Waals surface area contributed by atoms with Crippen LogP contribution >= 0.6 is 34.4 Å². The summed E-state index contributed by atoms with van der Waals surface area (Å²) in [6.07, 6.45) is 0.993. The van der Waals surface area contributed by atoms with Crippen molar-refractivity contribution >= 4 is 39.3 Å².